The van der Waals surface area contributed by atoms with Gasteiger partial charge in [-0.3, -0.25) is 9.59 Å². The van der Waals surface area contributed by atoms with Crippen molar-refractivity contribution in [3.05, 3.63) is 29.8 Å². The van der Waals surface area contributed by atoms with Crippen LogP contribution in [0.1, 0.15) is 57.9 Å². The Morgan fingerprint density at radius 3 is 2.31 bits per heavy atom. The lowest BCUT2D eigenvalue weighted by molar-refractivity contribution is -0.138. The lowest BCUT2D eigenvalue weighted by Crippen LogP contribution is -2.39. The van der Waals surface area contributed by atoms with E-state index in [1.165, 1.54) is 0 Å². The number of nitriles is 1. The molecule has 1 N–H and O–H groups in total. The van der Waals surface area contributed by atoms with Crippen molar-refractivity contribution in [2.45, 2.75) is 52.4 Å². The number of rotatable bonds is 7. The third kappa shape index (κ3) is 5.32. The zero-order valence-electron chi connectivity index (χ0n) is 15.8. The molecule has 2 rings (SSSR count). The van der Waals surface area contributed by atoms with E-state index in [1.54, 1.807) is 24.3 Å². The van der Waals surface area contributed by atoms with Crippen LogP contribution in [0.25, 0.3) is 0 Å². The Labute approximate surface area is 156 Å². The molecule has 1 aromatic rings. The average molecular weight is 355 g/mol. The van der Waals surface area contributed by atoms with Crippen LogP contribution < -0.4 is 5.32 Å². The highest BCUT2D eigenvalue weighted by molar-refractivity contribution is 5.93. The van der Waals surface area contributed by atoms with Crippen molar-refractivity contribution in [1.29, 1.82) is 5.26 Å². The third-order valence-electron chi connectivity index (χ3n) is 5.01. The normalized spacial score (nSPS) is 19.4. The Morgan fingerprint density at radius 2 is 1.73 bits per heavy atom. The van der Waals surface area contributed by atoms with Gasteiger partial charge in [-0.1, -0.05) is 19.9 Å². The number of hydrogen-bond acceptors (Lipinski definition) is 3. The minimum absolute atomic E-state index is 0.00930. The lowest BCUT2D eigenvalue weighted by atomic mass is 9.80. The summed E-state index contributed by atoms with van der Waals surface area (Å²) in [6, 6.07) is 9.03. The summed E-state index contributed by atoms with van der Waals surface area (Å²) in [4.78, 5) is 27.2. The van der Waals surface area contributed by atoms with Crippen molar-refractivity contribution in [1.82, 2.24) is 4.90 Å². The van der Waals surface area contributed by atoms with Gasteiger partial charge in [0.15, 0.2) is 0 Å². The second kappa shape index (κ2) is 9.96. The van der Waals surface area contributed by atoms with E-state index in [2.05, 4.69) is 25.2 Å². The van der Waals surface area contributed by atoms with Crippen LogP contribution in [0.2, 0.25) is 0 Å². The maximum absolute atomic E-state index is 12.7. The van der Waals surface area contributed by atoms with Crippen molar-refractivity contribution in [2.24, 2.45) is 11.8 Å². The van der Waals surface area contributed by atoms with Gasteiger partial charge in [0.2, 0.25) is 11.8 Å². The topological polar surface area (TPSA) is 73.2 Å². The highest BCUT2D eigenvalue weighted by atomic mass is 16.2. The molecule has 1 aromatic carbocycles. The van der Waals surface area contributed by atoms with Gasteiger partial charge in [0.25, 0.3) is 0 Å². The number of anilines is 1. The number of carbonyl (C=O) groups excluding carboxylic acids is 2. The Balaban J connectivity index is 1.87. The lowest BCUT2D eigenvalue weighted by Gasteiger charge is -2.31. The molecule has 5 heteroatoms. The van der Waals surface area contributed by atoms with Crippen molar-refractivity contribution in [2.75, 3.05) is 18.4 Å². The molecule has 0 aromatic heterocycles. The molecule has 0 radical (unpaired) electrons. The van der Waals surface area contributed by atoms with E-state index < -0.39 is 0 Å². The summed E-state index contributed by atoms with van der Waals surface area (Å²) in [7, 11) is 0. The molecule has 140 valence electrons. The number of hydrogen-bond donors (Lipinski definition) is 1. The maximum atomic E-state index is 12.7. The van der Waals surface area contributed by atoms with Gasteiger partial charge in [-0.2, -0.15) is 5.26 Å². The van der Waals surface area contributed by atoms with Gasteiger partial charge in [-0.15, -0.1) is 0 Å². The number of nitrogens with one attached hydrogen (secondary N) is 1. The first-order valence-electron chi connectivity index (χ1n) is 9.68. The summed E-state index contributed by atoms with van der Waals surface area (Å²) in [5.74, 6) is 0.244. The van der Waals surface area contributed by atoms with Crippen LogP contribution in [0.3, 0.4) is 0 Å². The van der Waals surface area contributed by atoms with Gasteiger partial charge < -0.3 is 10.2 Å². The van der Waals surface area contributed by atoms with E-state index in [4.69, 9.17) is 5.26 Å². The molecule has 5 nitrogen and oxygen atoms in total. The van der Waals surface area contributed by atoms with Crippen LogP contribution in [0, 0.1) is 23.2 Å². The Morgan fingerprint density at radius 1 is 1.12 bits per heavy atom. The summed E-state index contributed by atoms with van der Waals surface area (Å²) < 4.78 is 0. The maximum Gasteiger partial charge on any atom is 0.227 e. The highest BCUT2D eigenvalue weighted by Gasteiger charge is 2.31. The molecule has 0 bridgehead atoms. The Bertz CT molecular complexity index is 651. The molecule has 1 aliphatic carbocycles. The Hall–Kier alpha value is -2.35. The quantitative estimate of drug-likeness (QED) is 0.805. The minimum atomic E-state index is -0.0596. The van der Waals surface area contributed by atoms with E-state index >= 15 is 0 Å². The predicted octanol–water partition coefficient (Wildman–Crippen LogP) is 3.95. The van der Waals surface area contributed by atoms with Crippen molar-refractivity contribution in [3.63, 3.8) is 0 Å². The van der Waals surface area contributed by atoms with Gasteiger partial charge in [0.1, 0.15) is 0 Å². The monoisotopic (exact) mass is 355 g/mol. The van der Waals surface area contributed by atoms with Crippen LogP contribution in [-0.2, 0) is 9.59 Å². The molecule has 0 unspecified atom stereocenters. The first kappa shape index (κ1) is 20.0. The first-order valence-corrected chi connectivity index (χ1v) is 9.68. The fourth-order valence-corrected chi connectivity index (χ4v) is 3.64. The van der Waals surface area contributed by atoms with Crippen molar-refractivity contribution >= 4 is 17.5 Å². The summed E-state index contributed by atoms with van der Waals surface area (Å²) in [5, 5.41) is 11.9. The van der Waals surface area contributed by atoms with E-state index in [0.29, 0.717) is 11.3 Å². The minimum Gasteiger partial charge on any atom is -0.342 e. The van der Waals surface area contributed by atoms with Crippen LogP contribution in [0.15, 0.2) is 24.3 Å². The molecular formula is C21H29N3O2. The zero-order chi connectivity index (χ0) is 18.9. The molecule has 1 saturated carbocycles. The average Bonchev–Trinajstić information content (AvgIpc) is 2.67. The molecule has 1 fully saturated rings. The molecule has 0 aliphatic heterocycles. The van der Waals surface area contributed by atoms with Gasteiger partial charge in [-0.25, -0.2) is 0 Å². The second-order valence-corrected chi connectivity index (χ2v) is 7.06. The van der Waals surface area contributed by atoms with Gasteiger partial charge in [-0.05, 0) is 56.7 Å². The second-order valence-electron chi connectivity index (χ2n) is 7.06. The number of carbonyl (C=O) groups is 2. The molecule has 2 amide bonds. The van der Waals surface area contributed by atoms with Gasteiger partial charge >= 0.3 is 0 Å². The Kier molecular flexibility index (Phi) is 7.65. The predicted molar refractivity (Wildman–Crippen MR) is 102 cm³/mol. The number of nitrogens with zero attached hydrogens (tertiary/aromatic N) is 2. The summed E-state index contributed by atoms with van der Waals surface area (Å²) in [5.41, 5.74) is 1.19. The highest BCUT2D eigenvalue weighted by Crippen LogP contribution is 2.31. The third-order valence-corrected chi connectivity index (χ3v) is 5.01. The fourth-order valence-electron chi connectivity index (χ4n) is 3.64. The van der Waals surface area contributed by atoms with Crippen LogP contribution in [0.4, 0.5) is 5.69 Å². The van der Waals surface area contributed by atoms with Crippen molar-refractivity contribution < 1.29 is 9.59 Å². The van der Waals surface area contributed by atoms with E-state index in [9.17, 15) is 9.59 Å². The number of amides is 2. The summed E-state index contributed by atoms with van der Waals surface area (Å²) in [6.07, 6.45) is 4.99. The molecule has 0 heterocycles. The smallest absolute Gasteiger partial charge is 0.227 e. The van der Waals surface area contributed by atoms with Crippen molar-refractivity contribution in [3.8, 4) is 6.07 Å². The van der Waals surface area contributed by atoms with Crippen LogP contribution in [0.5, 0.6) is 0 Å². The first-order chi connectivity index (χ1) is 12.6. The standard InChI is InChI=1S/C21H29N3O2/c1-3-12-24(13-4-2)21(26)18-10-8-17(9-11-18)20(25)23-19-7-5-6-16(14-19)15-22/h5-7,14,17-18H,3-4,8-13H2,1-2H3,(H,23,25). The molecule has 0 spiro atoms. The summed E-state index contributed by atoms with van der Waals surface area (Å²) in [6.45, 7) is 5.83. The fraction of sp³-hybridized carbons (Fsp3) is 0.571. The molecule has 0 atom stereocenters. The van der Waals surface area contributed by atoms with E-state index in [1.807, 2.05) is 4.90 Å². The molecule has 0 saturated heterocycles. The molecular weight excluding hydrogens is 326 g/mol. The van der Waals surface area contributed by atoms with Gasteiger partial charge in [0, 0.05) is 30.6 Å². The SMILES string of the molecule is CCCN(CCC)C(=O)C1CCC(C(=O)Nc2cccc(C#N)c2)CC1. The molecule has 26 heavy (non-hydrogen) atoms. The van der Waals surface area contributed by atoms with Gasteiger partial charge in [0.05, 0.1) is 11.6 Å². The largest absolute Gasteiger partial charge is 0.342 e. The summed E-state index contributed by atoms with van der Waals surface area (Å²) >= 11 is 0. The van der Waals surface area contributed by atoms with Crippen LogP contribution in [-0.4, -0.2) is 29.8 Å². The zero-order valence-corrected chi connectivity index (χ0v) is 15.8. The van der Waals surface area contributed by atoms with E-state index in [0.717, 1.165) is 51.6 Å². The molecule has 1 aliphatic rings. The van der Waals surface area contributed by atoms with Crippen LogP contribution >= 0.6 is 0 Å². The van der Waals surface area contributed by atoms with E-state index in [-0.39, 0.29) is 23.7 Å². The number of benzene rings is 1.